The first-order chi connectivity index (χ1) is 8.49. The van der Waals surface area contributed by atoms with Gasteiger partial charge in [0, 0.05) is 6.54 Å². The zero-order valence-corrected chi connectivity index (χ0v) is 14.4. The molecule has 0 aromatic carbocycles. The van der Waals surface area contributed by atoms with Gasteiger partial charge in [-0.1, -0.05) is 0 Å². The molecule has 8 heteroatoms. The van der Waals surface area contributed by atoms with Crippen LogP contribution in [0.4, 0.5) is 0 Å². The molecule has 1 atom stereocenters. The molecule has 0 bridgehead atoms. The first-order valence-electron chi connectivity index (χ1n) is 5.64. The highest BCUT2D eigenvalue weighted by Gasteiger charge is 2.21. The third kappa shape index (κ3) is 3.77. The van der Waals surface area contributed by atoms with Gasteiger partial charge in [-0.15, -0.1) is 11.3 Å². The van der Waals surface area contributed by atoms with Crippen molar-refractivity contribution in [3.05, 3.63) is 13.6 Å². The third-order valence-corrected chi connectivity index (χ3v) is 7.14. The van der Waals surface area contributed by atoms with Gasteiger partial charge >= 0.3 is 0 Å². The Morgan fingerprint density at radius 1 is 1.50 bits per heavy atom. The fourth-order valence-corrected chi connectivity index (χ4v) is 6.80. The normalized spacial score (nSPS) is 20.4. The molecule has 0 spiro atoms. The quantitative estimate of drug-likeness (QED) is 0.773. The molecule has 1 aliphatic heterocycles. The molecule has 1 unspecified atom stereocenters. The van der Waals surface area contributed by atoms with E-state index in [1.165, 1.54) is 11.3 Å². The summed E-state index contributed by atoms with van der Waals surface area (Å²) in [6.45, 7) is 2.53. The van der Waals surface area contributed by atoms with Gasteiger partial charge in [-0.2, -0.15) is 0 Å². The van der Waals surface area contributed by atoms with Crippen molar-refractivity contribution in [2.45, 2.75) is 17.7 Å². The van der Waals surface area contributed by atoms with Crippen molar-refractivity contribution in [3.63, 3.8) is 0 Å². The minimum atomic E-state index is -3.40. The van der Waals surface area contributed by atoms with Crippen LogP contribution in [0.15, 0.2) is 18.5 Å². The largest absolute Gasteiger partial charge is 0.316 e. The van der Waals surface area contributed by atoms with Gasteiger partial charge in [0.2, 0.25) is 10.0 Å². The van der Waals surface area contributed by atoms with Gasteiger partial charge in [0.1, 0.15) is 4.90 Å². The van der Waals surface area contributed by atoms with Crippen LogP contribution >= 0.6 is 43.2 Å². The number of rotatable bonds is 5. The first-order valence-corrected chi connectivity index (χ1v) is 9.53. The highest BCUT2D eigenvalue weighted by molar-refractivity contribution is 9.12. The van der Waals surface area contributed by atoms with Crippen molar-refractivity contribution >= 4 is 53.2 Å². The van der Waals surface area contributed by atoms with Gasteiger partial charge < -0.3 is 5.32 Å². The van der Waals surface area contributed by atoms with Gasteiger partial charge in [0.15, 0.2) is 0 Å². The van der Waals surface area contributed by atoms with Crippen molar-refractivity contribution in [2.24, 2.45) is 5.92 Å². The summed E-state index contributed by atoms with van der Waals surface area (Å²) in [6.07, 6.45) is 2.02. The number of halogens is 2. The Kier molecular flexibility index (Phi) is 5.24. The van der Waals surface area contributed by atoms with E-state index in [9.17, 15) is 8.42 Å². The minimum Gasteiger partial charge on any atom is -0.316 e. The van der Waals surface area contributed by atoms with Crippen molar-refractivity contribution in [2.75, 3.05) is 19.6 Å². The number of sulfonamides is 1. The van der Waals surface area contributed by atoms with Gasteiger partial charge in [0.05, 0.1) is 7.57 Å². The summed E-state index contributed by atoms with van der Waals surface area (Å²) in [5, 5.41) is 3.27. The second-order valence-electron chi connectivity index (χ2n) is 4.23. The molecule has 1 aliphatic rings. The fourth-order valence-electron chi connectivity index (χ4n) is 1.94. The summed E-state index contributed by atoms with van der Waals surface area (Å²) in [5.74, 6) is 0.588. The van der Waals surface area contributed by atoms with E-state index in [1.807, 2.05) is 0 Å². The molecule has 0 amide bonds. The molecule has 0 aliphatic carbocycles. The molecule has 1 aromatic rings. The summed E-state index contributed by atoms with van der Waals surface area (Å²) in [5.41, 5.74) is 0. The van der Waals surface area contributed by atoms with Crippen LogP contribution in [0.5, 0.6) is 0 Å². The minimum absolute atomic E-state index is 0.309. The predicted octanol–water partition coefficient (Wildman–Crippen LogP) is 2.55. The number of thiophene rings is 1. The van der Waals surface area contributed by atoms with E-state index in [4.69, 9.17) is 0 Å². The second kappa shape index (κ2) is 6.32. The lowest BCUT2D eigenvalue weighted by Crippen LogP contribution is -2.26. The second-order valence-corrected chi connectivity index (χ2v) is 9.72. The molecule has 2 heterocycles. The molecule has 1 saturated heterocycles. The van der Waals surface area contributed by atoms with Crippen LogP contribution in [0.25, 0.3) is 0 Å². The SMILES string of the molecule is O=S(=O)(NCCC1CCNC1)c1cc(Br)sc1Br. The lowest BCUT2D eigenvalue weighted by Gasteiger charge is -2.09. The molecule has 2 rings (SSSR count). The monoisotopic (exact) mass is 416 g/mol. The highest BCUT2D eigenvalue weighted by atomic mass is 79.9. The molecular weight excluding hydrogens is 404 g/mol. The molecule has 18 heavy (non-hydrogen) atoms. The summed E-state index contributed by atoms with van der Waals surface area (Å²) >= 11 is 7.92. The number of hydrogen-bond donors (Lipinski definition) is 2. The predicted molar refractivity (Wildman–Crippen MR) is 80.5 cm³/mol. The topological polar surface area (TPSA) is 58.2 Å². The van der Waals surface area contributed by atoms with Gasteiger partial charge in [-0.3, -0.25) is 0 Å². The summed E-state index contributed by atoms with van der Waals surface area (Å²) in [7, 11) is -3.40. The maximum absolute atomic E-state index is 12.1. The van der Waals surface area contributed by atoms with Crippen LogP contribution in [0.1, 0.15) is 12.8 Å². The summed E-state index contributed by atoms with van der Waals surface area (Å²) in [6, 6.07) is 1.62. The van der Waals surface area contributed by atoms with Crippen LogP contribution in [0.3, 0.4) is 0 Å². The van der Waals surface area contributed by atoms with Crippen LogP contribution < -0.4 is 10.0 Å². The van der Waals surface area contributed by atoms with E-state index in [0.717, 1.165) is 29.7 Å². The van der Waals surface area contributed by atoms with E-state index in [-0.39, 0.29) is 0 Å². The molecule has 2 N–H and O–H groups in total. The lowest BCUT2D eigenvalue weighted by atomic mass is 10.1. The Bertz CT molecular complexity index is 510. The molecule has 1 aromatic heterocycles. The smallest absolute Gasteiger partial charge is 0.242 e. The van der Waals surface area contributed by atoms with E-state index < -0.39 is 10.0 Å². The van der Waals surface area contributed by atoms with Crippen molar-refractivity contribution in [1.29, 1.82) is 0 Å². The Morgan fingerprint density at radius 2 is 2.28 bits per heavy atom. The molecule has 102 valence electrons. The molecular formula is C10H14Br2N2O2S2. The lowest BCUT2D eigenvalue weighted by molar-refractivity contribution is 0.519. The molecule has 0 saturated carbocycles. The fraction of sp³-hybridized carbons (Fsp3) is 0.600. The Labute approximate surface area is 128 Å². The van der Waals surface area contributed by atoms with Crippen molar-refractivity contribution in [1.82, 2.24) is 10.0 Å². The zero-order valence-electron chi connectivity index (χ0n) is 9.58. The molecule has 0 radical (unpaired) electrons. The van der Waals surface area contributed by atoms with E-state index >= 15 is 0 Å². The van der Waals surface area contributed by atoms with Crippen LogP contribution in [-0.4, -0.2) is 28.1 Å². The number of hydrogen-bond acceptors (Lipinski definition) is 4. The average molecular weight is 418 g/mol. The molecule has 4 nitrogen and oxygen atoms in total. The molecule has 1 fully saturated rings. The Morgan fingerprint density at radius 3 is 2.83 bits per heavy atom. The van der Waals surface area contributed by atoms with E-state index in [1.54, 1.807) is 6.07 Å². The van der Waals surface area contributed by atoms with Crippen molar-refractivity contribution in [3.8, 4) is 0 Å². The standard InChI is InChI=1S/C10H14Br2N2O2S2/c11-9-5-8(10(12)17-9)18(15,16)14-4-2-7-1-3-13-6-7/h5,7,13-14H,1-4,6H2. The van der Waals surface area contributed by atoms with Crippen LogP contribution in [0, 0.1) is 5.92 Å². The van der Waals surface area contributed by atoms with E-state index in [2.05, 4.69) is 41.9 Å². The van der Waals surface area contributed by atoms with Gasteiger partial charge in [-0.05, 0) is 69.8 Å². The highest BCUT2D eigenvalue weighted by Crippen LogP contribution is 2.34. The maximum Gasteiger partial charge on any atom is 0.242 e. The third-order valence-electron chi connectivity index (χ3n) is 2.92. The average Bonchev–Trinajstić information content (AvgIpc) is 2.88. The van der Waals surface area contributed by atoms with Crippen LogP contribution in [0.2, 0.25) is 0 Å². The van der Waals surface area contributed by atoms with Crippen LogP contribution in [-0.2, 0) is 10.0 Å². The summed E-state index contributed by atoms with van der Waals surface area (Å²) in [4.78, 5) is 0.309. The number of nitrogens with one attached hydrogen (secondary N) is 2. The first kappa shape index (κ1) is 14.9. The maximum atomic E-state index is 12.1. The van der Waals surface area contributed by atoms with Gasteiger partial charge in [-0.25, -0.2) is 13.1 Å². The zero-order chi connectivity index (χ0) is 13.2. The Balaban J connectivity index is 1.93. The van der Waals surface area contributed by atoms with Gasteiger partial charge in [0.25, 0.3) is 0 Å². The Hall–Kier alpha value is 0.530. The summed E-state index contributed by atoms with van der Waals surface area (Å²) < 4.78 is 28.2. The van der Waals surface area contributed by atoms with Crippen molar-refractivity contribution < 1.29 is 8.42 Å². The van der Waals surface area contributed by atoms with E-state index in [0.29, 0.717) is 21.1 Å².